The summed E-state index contributed by atoms with van der Waals surface area (Å²) in [7, 11) is 1.61. The lowest BCUT2D eigenvalue weighted by molar-refractivity contribution is -0.118. The minimum absolute atomic E-state index is 0.0396. The molecule has 0 radical (unpaired) electrons. The normalized spacial score (nSPS) is 18.2. The number of nitrogens with one attached hydrogen (secondary N) is 2. The molecule has 2 N–H and O–H groups in total. The lowest BCUT2D eigenvalue weighted by atomic mass is 10.1. The Labute approximate surface area is 233 Å². The third-order valence-electron chi connectivity index (χ3n) is 6.75. The summed E-state index contributed by atoms with van der Waals surface area (Å²) in [5.74, 6) is 1.62. The second-order valence-corrected chi connectivity index (χ2v) is 10.8. The maximum atomic E-state index is 12.9. The summed E-state index contributed by atoms with van der Waals surface area (Å²) in [6.45, 7) is 7.51. The van der Waals surface area contributed by atoms with Crippen LogP contribution in [0.5, 0.6) is 5.75 Å². The molecule has 1 aromatic carbocycles. The Morgan fingerprint density at radius 2 is 1.87 bits per heavy atom. The highest BCUT2D eigenvalue weighted by Crippen LogP contribution is 2.24. The first-order valence-corrected chi connectivity index (χ1v) is 14.4. The van der Waals surface area contributed by atoms with Crippen LogP contribution in [0.2, 0.25) is 5.15 Å². The third-order valence-corrected chi connectivity index (χ3v) is 7.79. The van der Waals surface area contributed by atoms with Crippen LogP contribution in [-0.2, 0) is 4.79 Å². The Bertz CT molecular complexity index is 1090. The molecular formula is C26H36ClN7O3S. The highest BCUT2D eigenvalue weighted by Gasteiger charge is 2.28. The monoisotopic (exact) mass is 561 g/mol. The summed E-state index contributed by atoms with van der Waals surface area (Å²) in [5.41, 5.74) is 0.713. The Hall–Kier alpha value is -2.76. The van der Waals surface area contributed by atoms with Crippen LogP contribution in [0.25, 0.3) is 0 Å². The quantitative estimate of drug-likeness (QED) is 0.272. The van der Waals surface area contributed by atoms with Crippen molar-refractivity contribution in [3.63, 3.8) is 0 Å². The molecule has 0 spiro atoms. The topological polar surface area (TPSA) is 103 Å². The standard InChI is InChI=1S/C26H36ClN7O3S/c1-19-17-33(14-15-34(19)26(36)29-20-6-8-21(37-2)9-7-20)23-16-22(27)30-25(31-23)38-18-24(35)28-10-13-32-11-4-3-5-12-32/h6-9,16,19H,3-5,10-15,17-18H2,1-2H3,(H,28,35)(H,29,36). The zero-order valence-electron chi connectivity index (χ0n) is 22.0. The molecule has 206 valence electrons. The van der Waals surface area contributed by atoms with E-state index in [1.54, 1.807) is 13.2 Å². The summed E-state index contributed by atoms with van der Waals surface area (Å²) in [6, 6.07) is 8.78. The number of likely N-dealkylation sites (tertiary alicyclic amines) is 1. The summed E-state index contributed by atoms with van der Waals surface area (Å²) in [4.78, 5) is 40.5. The van der Waals surface area contributed by atoms with Crippen molar-refractivity contribution in [1.29, 1.82) is 0 Å². The van der Waals surface area contributed by atoms with Crippen molar-refractivity contribution in [3.05, 3.63) is 35.5 Å². The zero-order chi connectivity index (χ0) is 26.9. The van der Waals surface area contributed by atoms with E-state index in [9.17, 15) is 9.59 Å². The first-order chi connectivity index (χ1) is 18.4. The van der Waals surface area contributed by atoms with Crippen molar-refractivity contribution in [2.45, 2.75) is 37.4 Å². The largest absolute Gasteiger partial charge is 0.497 e. The number of carbonyl (C=O) groups is 2. The van der Waals surface area contributed by atoms with E-state index in [2.05, 4.69) is 30.4 Å². The van der Waals surface area contributed by atoms with Gasteiger partial charge in [0, 0.05) is 50.5 Å². The van der Waals surface area contributed by atoms with E-state index in [1.807, 2.05) is 36.1 Å². The molecular weight excluding hydrogens is 526 g/mol. The van der Waals surface area contributed by atoms with Gasteiger partial charge >= 0.3 is 6.03 Å². The van der Waals surface area contributed by atoms with Gasteiger partial charge in [-0.05, 0) is 57.1 Å². The molecule has 0 saturated carbocycles. The molecule has 12 heteroatoms. The second kappa shape index (κ2) is 13.9. The molecule has 2 fully saturated rings. The molecule has 0 bridgehead atoms. The number of urea groups is 1. The Morgan fingerprint density at radius 1 is 1.11 bits per heavy atom. The first kappa shape index (κ1) is 28.3. The molecule has 0 aliphatic carbocycles. The van der Waals surface area contributed by atoms with Crippen molar-refractivity contribution < 1.29 is 14.3 Å². The van der Waals surface area contributed by atoms with E-state index >= 15 is 0 Å². The molecule has 1 unspecified atom stereocenters. The summed E-state index contributed by atoms with van der Waals surface area (Å²) in [5, 5.41) is 6.73. The number of anilines is 2. The van der Waals surface area contributed by atoms with Gasteiger partial charge in [0.1, 0.15) is 16.7 Å². The fraction of sp³-hybridized carbons (Fsp3) is 0.538. The number of piperazine rings is 1. The molecule has 10 nitrogen and oxygen atoms in total. The number of carbonyl (C=O) groups excluding carboxylic acids is 2. The van der Waals surface area contributed by atoms with E-state index in [4.69, 9.17) is 16.3 Å². The van der Waals surface area contributed by atoms with Gasteiger partial charge in [-0.2, -0.15) is 0 Å². The number of benzene rings is 1. The smallest absolute Gasteiger partial charge is 0.322 e. The minimum atomic E-state index is -0.148. The number of halogens is 1. The Kier molecular flexibility index (Phi) is 10.3. The fourth-order valence-electron chi connectivity index (χ4n) is 4.67. The molecule has 2 aromatic rings. The highest BCUT2D eigenvalue weighted by molar-refractivity contribution is 7.99. The molecule has 2 saturated heterocycles. The number of rotatable bonds is 9. The number of piperidine rings is 1. The summed E-state index contributed by atoms with van der Waals surface area (Å²) < 4.78 is 5.17. The molecule has 1 atom stereocenters. The SMILES string of the molecule is COc1ccc(NC(=O)N2CCN(c3cc(Cl)nc(SCC(=O)NCCN4CCCCC4)n3)CC2C)cc1. The molecule has 4 rings (SSSR count). The van der Waals surface area contributed by atoms with Crippen LogP contribution in [0.15, 0.2) is 35.5 Å². The van der Waals surface area contributed by atoms with Crippen LogP contribution < -0.4 is 20.3 Å². The van der Waals surface area contributed by atoms with Crippen LogP contribution in [0, 0.1) is 0 Å². The average molecular weight is 562 g/mol. The number of amides is 3. The lowest BCUT2D eigenvalue weighted by Gasteiger charge is -2.40. The maximum Gasteiger partial charge on any atom is 0.322 e. The number of thioether (sulfide) groups is 1. The first-order valence-electron chi connectivity index (χ1n) is 13.0. The van der Waals surface area contributed by atoms with E-state index in [0.29, 0.717) is 48.0 Å². The van der Waals surface area contributed by atoms with Crippen LogP contribution >= 0.6 is 23.4 Å². The van der Waals surface area contributed by atoms with Gasteiger partial charge in [0.05, 0.1) is 12.9 Å². The molecule has 1 aromatic heterocycles. The molecule has 3 amide bonds. The number of hydrogen-bond acceptors (Lipinski definition) is 8. The molecule has 38 heavy (non-hydrogen) atoms. The van der Waals surface area contributed by atoms with Crippen molar-refractivity contribution >= 4 is 46.8 Å². The van der Waals surface area contributed by atoms with Gasteiger partial charge in [0.15, 0.2) is 5.16 Å². The number of nitrogens with zero attached hydrogens (tertiary/aromatic N) is 5. The molecule has 2 aliphatic rings. The van der Waals surface area contributed by atoms with Crippen LogP contribution in [0.1, 0.15) is 26.2 Å². The van der Waals surface area contributed by atoms with Crippen LogP contribution in [0.4, 0.5) is 16.3 Å². The van der Waals surface area contributed by atoms with Crippen molar-refractivity contribution in [2.24, 2.45) is 0 Å². The predicted octanol–water partition coefficient (Wildman–Crippen LogP) is 3.58. The Balaban J connectivity index is 1.25. The molecule has 3 heterocycles. The average Bonchev–Trinajstić information content (AvgIpc) is 2.92. The fourth-order valence-corrected chi connectivity index (χ4v) is 5.58. The minimum Gasteiger partial charge on any atom is -0.497 e. The van der Waals surface area contributed by atoms with Gasteiger partial charge in [-0.15, -0.1) is 0 Å². The predicted molar refractivity (Wildman–Crippen MR) is 151 cm³/mol. The summed E-state index contributed by atoms with van der Waals surface area (Å²) in [6.07, 6.45) is 3.78. The van der Waals surface area contributed by atoms with Gasteiger partial charge in [0.2, 0.25) is 5.91 Å². The Morgan fingerprint density at radius 3 is 2.58 bits per heavy atom. The van der Waals surface area contributed by atoms with Crippen molar-refractivity contribution in [2.75, 3.05) is 68.9 Å². The van der Waals surface area contributed by atoms with Gasteiger partial charge in [-0.3, -0.25) is 4.79 Å². The second-order valence-electron chi connectivity index (χ2n) is 9.52. The van der Waals surface area contributed by atoms with Crippen molar-refractivity contribution in [3.8, 4) is 5.75 Å². The van der Waals surface area contributed by atoms with E-state index < -0.39 is 0 Å². The third kappa shape index (κ3) is 8.12. The van der Waals surface area contributed by atoms with Gasteiger partial charge in [-0.1, -0.05) is 29.8 Å². The van der Waals surface area contributed by atoms with Crippen molar-refractivity contribution in [1.82, 2.24) is 25.1 Å². The zero-order valence-corrected chi connectivity index (χ0v) is 23.6. The maximum absolute atomic E-state index is 12.9. The van der Waals surface area contributed by atoms with E-state index in [0.717, 1.165) is 25.4 Å². The molecule has 2 aliphatic heterocycles. The van der Waals surface area contributed by atoms with E-state index in [1.165, 1.54) is 31.0 Å². The van der Waals surface area contributed by atoms with Gasteiger partial charge in [-0.25, -0.2) is 14.8 Å². The van der Waals surface area contributed by atoms with Gasteiger partial charge < -0.3 is 30.1 Å². The van der Waals surface area contributed by atoms with Crippen LogP contribution in [-0.4, -0.2) is 96.4 Å². The van der Waals surface area contributed by atoms with Gasteiger partial charge in [0.25, 0.3) is 0 Å². The number of hydrogen-bond donors (Lipinski definition) is 2. The number of aromatic nitrogens is 2. The van der Waals surface area contributed by atoms with E-state index in [-0.39, 0.29) is 23.7 Å². The lowest BCUT2D eigenvalue weighted by Crippen LogP contribution is -2.55. The van der Waals surface area contributed by atoms with Crippen LogP contribution in [0.3, 0.4) is 0 Å². The highest BCUT2D eigenvalue weighted by atomic mass is 35.5. The number of ether oxygens (including phenoxy) is 1. The number of methoxy groups -OCH3 is 1. The summed E-state index contributed by atoms with van der Waals surface area (Å²) >= 11 is 7.58.